The molecule has 0 N–H and O–H groups in total. The Morgan fingerprint density at radius 2 is 1.06 bits per heavy atom. The fourth-order valence-electron chi connectivity index (χ4n) is 9.98. The van der Waals surface area contributed by atoms with Gasteiger partial charge >= 0.3 is 0 Å². The Hall–Kier alpha value is -7.04. The molecule has 2 aliphatic carbocycles. The number of nitrogens with zero attached hydrogens (tertiary/aromatic N) is 4. The molecule has 1 unspecified atom stereocenters. The fourth-order valence-corrected chi connectivity index (χ4v) is 9.98. The second-order valence-electron chi connectivity index (χ2n) is 14.9. The van der Waals surface area contributed by atoms with Crippen molar-refractivity contribution >= 4 is 65.3 Å². The third kappa shape index (κ3) is 3.62. The van der Waals surface area contributed by atoms with E-state index in [1.54, 1.807) is 0 Å². The average molecular weight is 687 g/mol. The van der Waals surface area contributed by atoms with E-state index < -0.39 is 0 Å². The largest absolute Gasteiger partial charge is 0.292 e. The van der Waals surface area contributed by atoms with Crippen LogP contribution in [-0.4, -0.2) is 19.1 Å². The van der Waals surface area contributed by atoms with E-state index in [1.165, 1.54) is 76.8 Å². The third-order valence-electron chi connectivity index (χ3n) is 12.2. The van der Waals surface area contributed by atoms with Gasteiger partial charge in [-0.25, -0.2) is 4.98 Å². The summed E-state index contributed by atoms with van der Waals surface area (Å²) >= 11 is 0. The van der Waals surface area contributed by atoms with Crippen molar-refractivity contribution in [2.75, 3.05) is 0 Å². The van der Waals surface area contributed by atoms with Crippen LogP contribution in [0.15, 0.2) is 164 Å². The van der Waals surface area contributed by atoms with Gasteiger partial charge in [-0.3, -0.25) is 9.13 Å². The summed E-state index contributed by atoms with van der Waals surface area (Å²) in [6.45, 7) is 0. The molecular formula is C50H30N4. The van der Waals surface area contributed by atoms with Crippen molar-refractivity contribution in [1.29, 1.82) is 0 Å². The van der Waals surface area contributed by atoms with Crippen molar-refractivity contribution < 1.29 is 0 Å². The predicted octanol–water partition coefficient (Wildman–Crippen LogP) is 12.3. The fraction of sp³-hybridized carbons (Fsp3) is 0.0400. The SMILES string of the molecule is c1ccc2c(c1)CC1c3cc4ccccc4cc3-c3cc4c5ccccc5n(-c5nc(-n6c7ccccc7c7ccccc76)nc6ccccc56)c4c-2c31. The topological polar surface area (TPSA) is 35.6 Å². The number of aromatic nitrogens is 4. The van der Waals surface area contributed by atoms with E-state index in [4.69, 9.17) is 9.97 Å². The minimum Gasteiger partial charge on any atom is -0.292 e. The molecule has 3 aromatic heterocycles. The van der Waals surface area contributed by atoms with Crippen molar-refractivity contribution in [3.05, 3.63) is 180 Å². The van der Waals surface area contributed by atoms with E-state index in [-0.39, 0.29) is 5.92 Å². The molecule has 0 aliphatic heterocycles. The lowest BCUT2D eigenvalue weighted by atomic mass is 9.77. The molecule has 4 heteroatoms. The summed E-state index contributed by atoms with van der Waals surface area (Å²) in [6.07, 6.45) is 0.988. The van der Waals surface area contributed by atoms with Crippen LogP contribution in [0.2, 0.25) is 0 Å². The van der Waals surface area contributed by atoms with Crippen LogP contribution >= 0.6 is 0 Å². The number of para-hydroxylation sites is 4. The smallest absolute Gasteiger partial charge is 0.237 e. The number of fused-ring (bicyclic) bond motifs is 14. The molecule has 250 valence electrons. The normalized spacial score (nSPS) is 14.4. The van der Waals surface area contributed by atoms with Crippen molar-refractivity contribution in [3.63, 3.8) is 0 Å². The van der Waals surface area contributed by atoms with Gasteiger partial charge in [-0.15, -0.1) is 0 Å². The van der Waals surface area contributed by atoms with E-state index in [1.807, 2.05) is 0 Å². The highest BCUT2D eigenvalue weighted by Crippen LogP contribution is 2.58. The highest BCUT2D eigenvalue weighted by Gasteiger charge is 2.38. The lowest BCUT2D eigenvalue weighted by Crippen LogP contribution is -2.12. The first-order valence-electron chi connectivity index (χ1n) is 18.8. The Labute approximate surface area is 310 Å². The molecule has 13 rings (SSSR count). The number of hydrogen-bond acceptors (Lipinski definition) is 2. The van der Waals surface area contributed by atoms with E-state index in [0.717, 1.165) is 39.7 Å². The van der Waals surface area contributed by atoms with Gasteiger partial charge in [0.25, 0.3) is 0 Å². The molecule has 0 amide bonds. The summed E-state index contributed by atoms with van der Waals surface area (Å²) in [6, 6.07) is 59.8. The molecule has 0 bridgehead atoms. The Bertz CT molecular complexity index is 3380. The first kappa shape index (κ1) is 28.5. The zero-order valence-corrected chi connectivity index (χ0v) is 29.2. The molecule has 0 spiro atoms. The molecule has 54 heavy (non-hydrogen) atoms. The van der Waals surface area contributed by atoms with Gasteiger partial charge in [0.2, 0.25) is 5.95 Å². The van der Waals surface area contributed by atoms with Crippen LogP contribution in [0.25, 0.3) is 99.3 Å². The molecule has 0 radical (unpaired) electrons. The Balaban J connectivity index is 1.20. The monoisotopic (exact) mass is 686 g/mol. The molecule has 1 atom stereocenters. The molecule has 0 saturated carbocycles. The first-order valence-corrected chi connectivity index (χ1v) is 18.8. The van der Waals surface area contributed by atoms with Crippen LogP contribution in [0.1, 0.15) is 22.6 Å². The maximum Gasteiger partial charge on any atom is 0.237 e. The highest BCUT2D eigenvalue weighted by atomic mass is 15.2. The quantitative estimate of drug-likeness (QED) is 0.181. The molecule has 8 aromatic carbocycles. The van der Waals surface area contributed by atoms with Crippen LogP contribution in [0.3, 0.4) is 0 Å². The standard InChI is InChI=1S/C50H30N4/c1-2-14-30-26-38-37(25-29(30)13-1)39-27-31-15-3-4-16-32(31)47-46(39)40(38)28-41-35-19-8-12-24-45(35)54(48(41)47)49-36-20-5-9-21-42(36)51-50(52-49)53-43-22-10-6-17-33(43)34-18-7-11-23-44(34)53/h1-26,28,39H,27H2. The molecule has 4 nitrogen and oxygen atoms in total. The third-order valence-corrected chi connectivity index (χ3v) is 12.2. The van der Waals surface area contributed by atoms with Crippen LogP contribution in [0.4, 0.5) is 0 Å². The molecule has 2 aliphatic rings. The van der Waals surface area contributed by atoms with E-state index in [9.17, 15) is 0 Å². The van der Waals surface area contributed by atoms with Gasteiger partial charge in [-0.05, 0) is 99.1 Å². The molecule has 0 saturated heterocycles. The first-order chi connectivity index (χ1) is 26.8. The molecule has 0 fully saturated rings. The van der Waals surface area contributed by atoms with Crippen molar-refractivity contribution in [1.82, 2.24) is 19.1 Å². The summed E-state index contributed by atoms with van der Waals surface area (Å²) in [5.74, 6) is 1.83. The van der Waals surface area contributed by atoms with E-state index in [2.05, 4.69) is 173 Å². The van der Waals surface area contributed by atoms with Crippen molar-refractivity contribution in [2.24, 2.45) is 0 Å². The Morgan fingerprint density at radius 1 is 0.463 bits per heavy atom. The van der Waals surface area contributed by atoms with Gasteiger partial charge in [0.1, 0.15) is 0 Å². The maximum atomic E-state index is 5.64. The van der Waals surface area contributed by atoms with Gasteiger partial charge in [0.05, 0.1) is 27.6 Å². The van der Waals surface area contributed by atoms with Crippen LogP contribution < -0.4 is 0 Å². The summed E-state index contributed by atoms with van der Waals surface area (Å²) < 4.78 is 4.70. The highest BCUT2D eigenvalue weighted by molar-refractivity contribution is 6.18. The zero-order valence-electron chi connectivity index (χ0n) is 29.2. The number of hydrogen-bond donors (Lipinski definition) is 0. The molecular weight excluding hydrogens is 657 g/mol. The summed E-state index contributed by atoms with van der Waals surface area (Å²) in [5.41, 5.74) is 15.1. The van der Waals surface area contributed by atoms with Gasteiger partial charge in [-0.1, -0.05) is 115 Å². The number of rotatable bonds is 2. The van der Waals surface area contributed by atoms with Crippen LogP contribution in [0, 0.1) is 0 Å². The zero-order chi connectivity index (χ0) is 35.1. The van der Waals surface area contributed by atoms with E-state index >= 15 is 0 Å². The maximum absolute atomic E-state index is 5.64. The van der Waals surface area contributed by atoms with Gasteiger partial charge < -0.3 is 0 Å². The van der Waals surface area contributed by atoms with Gasteiger partial charge in [-0.2, -0.15) is 4.98 Å². The lowest BCUT2D eigenvalue weighted by molar-refractivity contribution is 0.817. The minimum absolute atomic E-state index is 0.274. The van der Waals surface area contributed by atoms with Crippen molar-refractivity contribution in [2.45, 2.75) is 12.3 Å². The van der Waals surface area contributed by atoms with Crippen LogP contribution in [0.5, 0.6) is 0 Å². The second-order valence-corrected chi connectivity index (χ2v) is 14.9. The minimum atomic E-state index is 0.274. The average Bonchev–Trinajstić information content (AvgIpc) is 3.85. The summed E-state index contributed by atoms with van der Waals surface area (Å²) in [7, 11) is 0. The summed E-state index contributed by atoms with van der Waals surface area (Å²) in [4.78, 5) is 10.9. The molecule has 11 aromatic rings. The second kappa shape index (κ2) is 10.3. The van der Waals surface area contributed by atoms with E-state index in [0.29, 0.717) is 5.95 Å². The molecule has 3 heterocycles. The Morgan fingerprint density at radius 3 is 1.81 bits per heavy atom. The summed E-state index contributed by atoms with van der Waals surface area (Å²) in [5, 5.41) is 8.46. The lowest BCUT2D eigenvalue weighted by Gasteiger charge is -2.27. The number of benzene rings is 8. The van der Waals surface area contributed by atoms with Gasteiger partial charge in [0.15, 0.2) is 5.82 Å². The Kier molecular flexibility index (Phi) is 5.44. The van der Waals surface area contributed by atoms with Crippen LogP contribution in [-0.2, 0) is 6.42 Å². The predicted molar refractivity (Wildman–Crippen MR) is 222 cm³/mol. The van der Waals surface area contributed by atoms with Gasteiger partial charge in [0, 0.05) is 38.4 Å². The van der Waals surface area contributed by atoms with Crippen molar-refractivity contribution in [3.8, 4) is 34.0 Å².